The molecule has 0 aliphatic carbocycles. The summed E-state index contributed by atoms with van der Waals surface area (Å²) in [5.74, 6) is -1.09. The Morgan fingerprint density at radius 2 is 1.74 bits per heavy atom. The Hall–Kier alpha value is -2.89. The summed E-state index contributed by atoms with van der Waals surface area (Å²) in [4.78, 5) is 39.0. The number of hydrogen-bond acceptors (Lipinski definition) is 6. The van der Waals surface area contributed by atoms with Crippen molar-refractivity contribution in [1.82, 2.24) is 10.2 Å². The second-order valence-electron chi connectivity index (χ2n) is 9.93. The van der Waals surface area contributed by atoms with E-state index in [4.69, 9.17) is 23.2 Å². The van der Waals surface area contributed by atoms with Gasteiger partial charge in [0, 0.05) is 24.2 Å². The summed E-state index contributed by atoms with van der Waals surface area (Å²) in [5.41, 5.74) is 0.0865. The Kier molecular flexibility index (Phi) is 10.2. The van der Waals surface area contributed by atoms with Gasteiger partial charge >= 0.3 is 0 Å². The number of nitrogens with zero attached hydrogens (tertiary/aromatic N) is 3. The number of halogens is 2. The summed E-state index contributed by atoms with van der Waals surface area (Å²) in [6, 6.07) is 7.61. The van der Waals surface area contributed by atoms with Crippen LogP contribution >= 0.6 is 23.2 Å². The molecule has 0 aliphatic heterocycles. The smallest absolute Gasteiger partial charge is 0.271 e. The van der Waals surface area contributed by atoms with Crippen molar-refractivity contribution >= 4 is 56.4 Å². The highest BCUT2D eigenvalue weighted by Crippen LogP contribution is 2.28. The summed E-state index contributed by atoms with van der Waals surface area (Å²) >= 11 is 12.2. The van der Waals surface area contributed by atoms with Crippen molar-refractivity contribution in [1.29, 1.82) is 0 Å². The molecule has 10 nitrogen and oxygen atoms in total. The minimum Gasteiger partial charge on any atom is -0.350 e. The predicted octanol–water partition coefficient (Wildman–Crippen LogP) is 4.70. The molecular weight excluding hydrogens is 555 g/mol. The van der Waals surface area contributed by atoms with Crippen LogP contribution in [0.2, 0.25) is 10.0 Å². The van der Waals surface area contributed by atoms with E-state index in [9.17, 15) is 28.1 Å². The zero-order chi connectivity index (χ0) is 29.0. The molecular formula is C25H32Cl2N4O6S. The number of nitro groups is 1. The first-order valence-corrected chi connectivity index (χ1v) is 14.3. The van der Waals surface area contributed by atoms with Gasteiger partial charge in [-0.2, -0.15) is 0 Å². The number of sulfonamides is 1. The second-order valence-corrected chi connectivity index (χ2v) is 12.7. The van der Waals surface area contributed by atoms with E-state index in [2.05, 4.69) is 5.32 Å². The third-order valence-electron chi connectivity index (χ3n) is 5.57. The molecule has 0 fully saturated rings. The number of rotatable bonds is 10. The van der Waals surface area contributed by atoms with E-state index >= 15 is 0 Å². The van der Waals surface area contributed by atoms with Crippen molar-refractivity contribution in [2.24, 2.45) is 0 Å². The highest BCUT2D eigenvalue weighted by atomic mass is 35.5. The van der Waals surface area contributed by atoms with Gasteiger partial charge in [0.2, 0.25) is 21.8 Å². The van der Waals surface area contributed by atoms with Gasteiger partial charge < -0.3 is 10.2 Å². The van der Waals surface area contributed by atoms with Crippen LogP contribution in [0.4, 0.5) is 11.4 Å². The molecule has 0 spiro atoms. The Balaban J connectivity index is 2.57. The SMILES string of the molecule is CCC(C(=O)NC(C)(C)C)N(Cc1ccc(Cl)c(Cl)c1)C(=O)CN(c1cc([N+](=O)[O-])ccc1C)S(C)(=O)=O. The standard InChI is InChI=1S/C25H32Cl2N4O6S/c1-7-21(24(33)28-25(3,4)5)29(14-17-9-11-19(26)20(27)12-17)23(32)15-30(38(6,36)37)22-13-18(31(34)35)10-8-16(22)2/h8-13,21H,7,14-15H2,1-6H3,(H,28,33). The molecule has 0 heterocycles. The number of anilines is 1. The third-order valence-corrected chi connectivity index (χ3v) is 7.44. The van der Waals surface area contributed by atoms with Crippen molar-refractivity contribution in [3.8, 4) is 0 Å². The van der Waals surface area contributed by atoms with Gasteiger partial charge in [-0.15, -0.1) is 0 Å². The fourth-order valence-electron chi connectivity index (χ4n) is 3.78. The number of hydrogen-bond donors (Lipinski definition) is 1. The first-order chi connectivity index (χ1) is 17.4. The molecule has 2 aromatic rings. The van der Waals surface area contributed by atoms with Crippen LogP contribution in [0.1, 0.15) is 45.2 Å². The zero-order valence-corrected chi connectivity index (χ0v) is 24.4. The van der Waals surface area contributed by atoms with E-state index in [0.29, 0.717) is 16.1 Å². The van der Waals surface area contributed by atoms with Crippen LogP contribution in [0.5, 0.6) is 0 Å². The normalized spacial score (nSPS) is 12.5. The van der Waals surface area contributed by atoms with Gasteiger partial charge in [-0.05, 0) is 57.4 Å². The lowest BCUT2D eigenvalue weighted by Gasteiger charge is -2.34. The number of non-ortho nitro benzene ring substituents is 1. The van der Waals surface area contributed by atoms with Gasteiger partial charge in [-0.25, -0.2) is 8.42 Å². The average molecular weight is 588 g/mol. The number of aryl methyl sites for hydroxylation is 1. The molecule has 1 N–H and O–H groups in total. The Labute approximate surface area is 233 Å². The zero-order valence-electron chi connectivity index (χ0n) is 22.1. The van der Waals surface area contributed by atoms with Crippen molar-refractivity contribution in [2.75, 3.05) is 17.1 Å². The van der Waals surface area contributed by atoms with Crippen LogP contribution in [0.3, 0.4) is 0 Å². The first kappa shape index (κ1) is 31.3. The summed E-state index contributed by atoms with van der Waals surface area (Å²) in [6.07, 6.45) is 1.15. The molecule has 0 saturated heterocycles. The topological polar surface area (TPSA) is 130 Å². The van der Waals surface area contributed by atoms with E-state index in [1.54, 1.807) is 52.8 Å². The Bertz CT molecular complexity index is 1330. The number of carbonyl (C=O) groups is 2. The first-order valence-electron chi connectivity index (χ1n) is 11.7. The predicted molar refractivity (Wildman–Crippen MR) is 149 cm³/mol. The number of carbonyl (C=O) groups excluding carboxylic acids is 2. The van der Waals surface area contributed by atoms with Gasteiger partial charge in [-0.1, -0.05) is 42.3 Å². The van der Waals surface area contributed by atoms with E-state index in [1.807, 2.05) is 0 Å². The maximum atomic E-state index is 13.8. The van der Waals surface area contributed by atoms with Crippen LogP contribution in [0.15, 0.2) is 36.4 Å². The number of amides is 2. The lowest BCUT2D eigenvalue weighted by molar-refractivity contribution is -0.384. The molecule has 2 amide bonds. The Morgan fingerprint density at radius 3 is 2.24 bits per heavy atom. The largest absolute Gasteiger partial charge is 0.350 e. The third kappa shape index (κ3) is 8.31. The molecule has 2 aromatic carbocycles. The van der Waals surface area contributed by atoms with Crippen LogP contribution < -0.4 is 9.62 Å². The van der Waals surface area contributed by atoms with Crippen LogP contribution in [-0.2, 0) is 26.2 Å². The number of benzene rings is 2. The Morgan fingerprint density at radius 1 is 1.11 bits per heavy atom. The second kappa shape index (κ2) is 12.3. The van der Waals surface area contributed by atoms with E-state index < -0.39 is 44.9 Å². The molecule has 38 heavy (non-hydrogen) atoms. The molecule has 13 heteroatoms. The van der Waals surface area contributed by atoms with Crippen molar-refractivity contribution in [3.63, 3.8) is 0 Å². The van der Waals surface area contributed by atoms with Gasteiger partial charge in [0.05, 0.1) is 26.9 Å². The molecule has 2 rings (SSSR count). The maximum absolute atomic E-state index is 13.8. The van der Waals surface area contributed by atoms with Crippen molar-refractivity contribution < 1.29 is 22.9 Å². The summed E-state index contributed by atoms with van der Waals surface area (Å²) in [6.45, 7) is 8.00. The highest BCUT2D eigenvalue weighted by Gasteiger charge is 2.33. The van der Waals surface area contributed by atoms with Crippen molar-refractivity contribution in [3.05, 3.63) is 67.7 Å². The fraction of sp³-hybridized carbons (Fsp3) is 0.440. The molecule has 0 radical (unpaired) electrons. The average Bonchev–Trinajstić information content (AvgIpc) is 2.78. The molecule has 0 bridgehead atoms. The van der Waals surface area contributed by atoms with Gasteiger partial charge in [-0.3, -0.25) is 24.0 Å². The summed E-state index contributed by atoms with van der Waals surface area (Å²) in [5, 5.41) is 14.8. The van der Waals surface area contributed by atoms with E-state index in [-0.39, 0.29) is 29.4 Å². The number of nitrogens with one attached hydrogen (secondary N) is 1. The van der Waals surface area contributed by atoms with Crippen LogP contribution in [-0.4, -0.2) is 54.4 Å². The molecule has 0 aromatic heterocycles. The van der Waals surface area contributed by atoms with Crippen LogP contribution in [0.25, 0.3) is 0 Å². The van der Waals surface area contributed by atoms with Gasteiger partial charge in [0.25, 0.3) is 5.69 Å². The fourth-order valence-corrected chi connectivity index (χ4v) is 5.00. The molecule has 0 aliphatic rings. The molecule has 208 valence electrons. The lowest BCUT2D eigenvalue weighted by Crippen LogP contribution is -2.55. The van der Waals surface area contributed by atoms with Crippen LogP contribution in [0, 0.1) is 17.0 Å². The lowest BCUT2D eigenvalue weighted by atomic mass is 10.1. The molecule has 1 unspecified atom stereocenters. The van der Waals surface area contributed by atoms with Crippen molar-refractivity contribution in [2.45, 2.75) is 59.2 Å². The van der Waals surface area contributed by atoms with Gasteiger partial charge in [0.1, 0.15) is 12.6 Å². The minimum atomic E-state index is -4.05. The number of nitro benzene ring substituents is 1. The molecule has 0 saturated carbocycles. The summed E-state index contributed by atoms with van der Waals surface area (Å²) in [7, 11) is -4.05. The van der Waals surface area contributed by atoms with Gasteiger partial charge in [0.15, 0.2) is 0 Å². The van der Waals surface area contributed by atoms with E-state index in [0.717, 1.165) is 16.6 Å². The quantitative estimate of drug-likeness (QED) is 0.317. The summed E-state index contributed by atoms with van der Waals surface area (Å²) < 4.78 is 26.4. The minimum absolute atomic E-state index is 0.00303. The van der Waals surface area contributed by atoms with E-state index in [1.165, 1.54) is 17.0 Å². The monoisotopic (exact) mass is 586 g/mol. The highest BCUT2D eigenvalue weighted by molar-refractivity contribution is 7.92. The maximum Gasteiger partial charge on any atom is 0.271 e. The molecule has 1 atom stereocenters.